The topological polar surface area (TPSA) is 94.2 Å². The fraction of sp³-hybridized carbons (Fsp3) is 0.750. The van der Waals surface area contributed by atoms with Gasteiger partial charge in [-0.3, -0.25) is 0 Å². The van der Waals surface area contributed by atoms with Gasteiger partial charge in [-0.15, -0.1) is 0 Å². The number of amides is 8. The maximum Gasteiger partial charge on any atom is 0.323 e. The molecule has 4 fully saturated rings. The molecule has 4 heterocycles. The molecule has 0 unspecified atom stereocenters. The van der Waals surface area contributed by atoms with Gasteiger partial charge in [-0.2, -0.15) is 0 Å². The molecule has 0 aromatic carbocycles. The van der Waals surface area contributed by atoms with Crippen molar-refractivity contribution < 1.29 is 19.2 Å². The van der Waals surface area contributed by atoms with Crippen LogP contribution in [0.15, 0.2) is 0 Å². The zero-order valence-electron chi connectivity index (χ0n) is 17.5. The lowest BCUT2D eigenvalue weighted by molar-refractivity contribution is 0.156. The predicted molar refractivity (Wildman–Crippen MR) is 98.8 cm³/mol. The number of carbonyl (C=O) groups excluding carboxylic acids is 4. The van der Waals surface area contributed by atoms with Crippen molar-refractivity contribution in [3.8, 4) is 0 Å². The first-order chi connectivity index (χ1) is 12.9. The normalized spacial score (nSPS) is 32.0. The Hall–Kier alpha value is -2.92. The molecule has 28 heavy (non-hydrogen) atoms. The summed E-state index contributed by atoms with van der Waals surface area (Å²) in [6.07, 6.45) is -0.648. The molecule has 4 aliphatic heterocycles. The third-order valence-electron chi connectivity index (χ3n) is 6.12. The third-order valence-corrected chi connectivity index (χ3v) is 6.12. The second kappa shape index (κ2) is 6.31. The molecule has 4 rings (SSSR count). The van der Waals surface area contributed by atoms with Crippen molar-refractivity contribution in [3.05, 3.63) is 0 Å². The first-order valence-electron chi connectivity index (χ1n) is 8.92. The Morgan fingerprint density at radius 2 is 0.464 bits per heavy atom. The van der Waals surface area contributed by atoms with Crippen molar-refractivity contribution in [2.24, 2.45) is 0 Å². The van der Waals surface area contributed by atoms with E-state index >= 15 is 0 Å². The molecule has 0 radical (unpaired) electrons. The summed E-state index contributed by atoms with van der Waals surface area (Å²) in [6.45, 7) is 0. The van der Waals surface area contributed by atoms with Gasteiger partial charge < -0.3 is 39.2 Å². The van der Waals surface area contributed by atoms with Gasteiger partial charge in [0.15, 0.2) is 0 Å². The number of rotatable bonds is 0. The molecule has 156 valence electrons. The van der Waals surface area contributed by atoms with Crippen LogP contribution in [0.1, 0.15) is 0 Å². The van der Waals surface area contributed by atoms with Gasteiger partial charge in [0.05, 0.1) is 0 Å². The molecule has 8 amide bonds. The molecule has 4 saturated heterocycles. The van der Waals surface area contributed by atoms with Crippen LogP contribution in [0.2, 0.25) is 0 Å². The Balaban J connectivity index is 0.000000161. The average molecular weight is 396 g/mol. The standard InChI is InChI=1S/2C8H14N4O2/c2*1-9-5-6(11(3)7(9)13)12(4)8(14)10(5)2/h2*5-6H,1-4H3. The Labute approximate surface area is 164 Å². The van der Waals surface area contributed by atoms with Gasteiger partial charge >= 0.3 is 24.1 Å². The third kappa shape index (κ3) is 2.36. The van der Waals surface area contributed by atoms with E-state index in [0.717, 1.165) is 0 Å². The number of urea groups is 4. The summed E-state index contributed by atoms with van der Waals surface area (Å²) >= 11 is 0. The molecule has 0 aromatic heterocycles. The van der Waals surface area contributed by atoms with Crippen molar-refractivity contribution in [1.82, 2.24) is 39.2 Å². The summed E-state index contributed by atoms with van der Waals surface area (Å²) in [5, 5.41) is 0. The monoisotopic (exact) mass is 396 g/mol. The number of fused-ring (bicyclic) bond motifs is 2. The highest BCUT2D eigenvalue weighted by molar-refractivity contribution is 5.85. The lowest BCUT2D eigenvalue weighted by Gasteiger charge is -2.22. The highest BCUT2D eigenvalue weighted by Crippen LogP contribution is 2.31. The van der Waals surface area contributed by atoms with E-state index in [9.17, 15) is 19.2 Å². The number of hydrogen-bond acceptors (Lipinski definition) is 4. The Morgan fingerprint density at radius 1 is 0.357 bits per heavy atom. The van der Waals surface area contributed by atoms with Gasteiger partial charge in [0, 0.05) is 56.4 Å². The van der Waals surface area contributed by atoms with E-state index in [4.69, 9.17) is 0 Å². The molecule has 0 N–H and O–H groups in total. The van der Waals surface area contributed by atoms with E-state index < -0.39 is 0 Å². The highest BCUT2D eigenvalue weighted by atomic mass is 16.2. The van der Waals surface area contributed by atoms with Crippen molar-refractivity contribution in [2.45, 2.75) is 24.7 Å². The molecule has 0 aromatic rings. The van der Waals surface area contributed by atoms with Crippen LogP contribution in [0.3, 0.4) is 0 Å². The van der Waals surface area contributed by atoms with E-state index in [0.29, 0.717) is 0 Å². The summed E-state index contributed by atoms with van der Waals surface area (Å²) in [7, 11) is 13.7. The zero-order chi connectivity index (χ0) is 21.2. The van der Waals surface area contributed by atoms with Gasteiger partial charge in [-0.05, 0) is 0 Å². The first-order valence-corrected chi connectivity index (χ1v) is 8.92. The van der Waals surface area contributed by atoms with Crippen LogP contribution in [0, 0.1) is 0 Å². The van der Waals surface area contributed by atoms with Crippen molar-refractivity contribution >= 4 is 24.1 Å². The molecular formula is C16H28N8O4. The second-order valence-corrected chi connectivity index (χ2v) is 7.67. The molecule has 4 aliphatic rings. The van der Waals surface area contributed by atoms with Crippen molar-refractivity contribution in [3.63, 3.8) is 0 Å². The van der Waals surface area contributed by atoms with Crippen molar-refractivity contribution in [1.29, 1.82) is 0 Å². The van der Waals surface area contributed by atoms with E-state index in [-0.39, 0.29) is 48.8 Å². The predicted octanol–water partition coefficient (Wildman–Crippen LogP) is -0.734. The van der Waals surface area contributed by atoms with Crippen molar-refractivity contribution in [2.75, 3.05) is 56.4 Å². The molecule has 0 bridgehead atoms. The van der Waals surface area contributed by atoms with Gasteiger partial charge in [0.25, 0.3) is 0 Å². The Morgan fingerprint density at radius 3 is 0.571 bits per heavy atom. The van der Waals surface area contributed by atoms with Gasteiger partial charge in [-0.1, -0.05) is 0 Å². The van der Waals surface area contributed by atoms with E-state index in [2.05, 4.69) is 0 Å². The summed E-state index contributed by atoms with van der Waals surface area (Å²) in [5.41, 5.74) is 0. The number of likely N-dealkylation sites (N-methyl/N-ethyl adjacent to an activating group) is 8. The summed E-state index contributed by atoms with van der Waals surface area (Å²) in [4.78, 5) is 59.1. The Kier molecular flexibility index (Phi) is 4.47. The zero-order valence-corrected chi connectivity index (χ0v) is 17.5. The molecule has 12 nitrogen and oxygen atoms in total. The molecule has 0 spiro atoms. The van der Waals surface area contributed by atoms with E-state index in [1.807, 2.05) is 0 Å². The molecule has 12 heteroatoms. The molecular weight excluding hydrogens is 368 g/mol. The average Bonchev–Trinajstić information content (AvgIpc) is 3.21. The van der Waals surface area contributed by atoms with Crippen LogP contribution < -0.4 is 0 Å². The van der Waals surface area contributed by atoms with E-state index in [1.54, 1.807) is 95.6 Å². The van der Waals surface area contributed by atoms with Gasteiger partial charge in [0.1, 0.15) is 24.7 Å². The van der Waals surface area contributed by atoms with E-state index in [1.165, 1.54) is 0 Å². The van der Waals surface area contributed by atoms with Crippen LogP contribution in [0.5, 0.6) is 0 Å². The maximum absolute atomic E-state index is 11.6. The molecule has 0 saturated carbocycles. The largest absolute Gasteiger partial charge is 0.323 e. The number of hydrogen-bond donors (Lipinski definition) is 0. The minimum atomic E-state index is -0.162. The van der Waals surface area contributed by atoms with Gasteiger partial charge in [-0.25, -0.2) is 19.2 Å². The lowest BCUT2D eigenvalue weighted by Crippen LogP contribution is -2.42. The quantitative estimate of drug-likeness (QED) is 0.539. The fourth-order valence-corrected chi connectivity index (χ4v) is 4.54. The Bertz CT molecular complexity index is 563. The van der Waals surface area contributed by atoms with Crippen LogP contribution in [-0.2, 0) is 0 Å². The second-order valence-electron chi connectivity index (χ2n) is 7.67. The first kappa shape index (κ1) is 19.8. The summed E-state index contributed by atoms with van der Waals surface area (Å²) in [5.74, 6) is 0. The van der Waals surface area contributed by atoms with Crippen LogP contribution in [0.4, 0.5) is 19.2 Å². The van der Waals surface area contributed by atoms with Crippen LogP contribution in [-0.4, -0.2) is 144 Å². The minimum Gasteiger partial charge on any atom is -0.303 e. The molecule has 0 atom stereocenters. The summed E-state index contributed by atoms with van der Waals surface area (Å²) in [6, 6.07) is -0.199. The number of carbonyl (C=O) groups is 4. The smallest absolute Gasteiger partial charge is 0.303 e. The summed E-state index contributed by atoms with van der Waals surface area (Å²) < 4.78 is 0. The minimum absolute atomic E-state index is 0.0498. The van der Waals surface area contributed by atoms with Crippen LogP contribution in [0.25, 0.3) is 0 Å². The highest BCUT2D eigenvalue weighted by Gasteiger charge is 2.55. The maximum atomic E-state index is 11.6. The van der Waals surface area contributed by atoms with Crippen LogP contribution >= 0.6 is 0 Å². The SMILES string of the molecule is CN1C(=O)N(C)C2C1N(C)C(=O)N2C.CN1C(=O)N(C)C2C1N(C)C(=O)N2C. The number of nitrogens with zero attached hydrogens (tertiary/aromatic N) is 8. The lowest BCUT2D eigenvalue weighted by atomic mass is 10.4. The fourth-order valence-electron chi connectivity index (χ4n) is 4.54. The van der Waals surface area contributed by atoms with Gasteiger partial charge in [0.2, 0.25) is 0 Å². The molecule has 0 aliphatic carbocycles.